The molecule has 0 aliphatic carbocycles. The van der Waals surface area contributed by atoms with Gasteiger partial charge in [0.1, 0.15) is 5.82 Å². The first-order chi connectivity index (χ1) is 17.0. The minimum Gasteiger partial charge on any atom is -0.504 e. The number of benzene rings is 2. The third-order valence-corrected chi connectivity index (χ3v) is 6.13. The SMILES string of the molecule is COc1cc(CN2CCc3nc(N4CCOCC4)nc(Oc4ccc(F)cc4F)c3C2)ccc1O. The van der Waals surface area contributed by atoms with Gasteiger partial charge in [0.05, 0.1) is 31.6 Å². The number of halogens is 2. The molecule has 0 saturated carbocycles. The molecule has 0 radical (unpaired) electrons. The maximum Gasteiger partial charge on any atom is 0.229 e. The van der Waals surface area contributed by atoms with Gasteiger partial charge in [-0.3, -0.25) is 4.90 Å². The third-order valence-electron chi connectivity index (χ3n) is 6.13. The number of hydrogen-bond donors (Lipinski definition) is 1. The summed E-state index contributed by atoms with van der Waals surface area (Å²) in [5, 5.41) is 9.88. The highest BCUT2D eigenvalue weighted by atomic mass is 19.1. The van der Waals surface area contributed by atoms with Gasteiger partial charge < -0.3 is 24.2 Å². The molecule has 10 heteroatoms. The van der Waals surface area contributed by atoms with Crippen LogP contribution in [0.15, 0.2) is 36.4 Å². The van der Waals surface area contributed by atoms with Crippen molar-refractivity contribution in [2.24, 2.45) is 0 Å². The van der Waals surface area contributed by atoms with Crippen LogP contribution >= 0.6 is 0 Å². The van der Waals surface area contributed by atoms with Crippen LogP contribution in [-0.4, -0.2) is 59.9 Å². The molecule has 5 rings (SSSR count). The van der Waals surface area contributed by atoms with E-state index in [0.29, 0.717) is 57.5 Å². The molecule has 0 bridgehead atoms. The average Bonchev–Trinajstić information content (AvgIpc) is 2.87. The lowest BCUT2D eigenvalue weighted by Crippen LogP contribution is -2.38. The molecule has 35 heavy (non-hydrogen) atoms. The van der Waals surface area contributed by atoms with E-state index in [2.05, 4.69) is 9.88 Å². The molecule has 1 saturated heterocycles. The molecule has 0 amide bonds. The largest absolute Gasteiger partial charge is 0.504 e. The van der Waals surface area contributed by atoms with Crippen molar-refractivity contribution in [1.82, 2.24) is 14.9 Å². The van der Waals surface area contributed by atoms with Crippen LogP contribution in [0.1, 0.15) is 16.8 Å². The molecule has 0 atom stereocenters. The normalized spacial score (nSPS) is 16.1. The number of fused-ring (bicyclic) bond motifs is 1. The minimum absolute atomic E-state index is 0.0845. The number of aromatic hydroxyl groups is 1. The fourth-order valence-corrected chi connectivity index (χ4v) is 4.29. The summed E-state index contributed by atoms with van der Waals surface area (Å²) in [6, 6.07) is 8.45. The van der Waals surface area contributed by atoms with Crippen LogP contribution in [0.3, 0.4) is 0 Å². The second-order valence-electron chi connectivity index (χ2n) is 8.50. The van der Waals surface area contributed by atoms with Gasteiger partial charge in [-0.25, -0.2) is 13.8 Å². The summed E-state index contributed by atoms with van der Waals surface area (Å²) in [4.78, 5) is 13.7. The van der Waals surface area contributed by atoms with Crippen LogP contribution in [0.5, 0.6) is 23.1 Å². The summed E-state index contributed by atoms with van der Waals surface area (Å²) in [5.41, 5.74) is 2.59. The molecule has 8 nitrogen and oxygen atoms in total. The topological polar surface area (TPSA) is 80.2 Å². The van der Waals surface area contributed by atoms with Crippen molar-refractivity contribution < 1.29 is 28.1 Å². The van der Waals surface area contributed by atoms with Gasteiger partial charge >= 0.3 is 0 Å². The van der Waals surface area contributed by atoms with Crippen LogP contribution in [0.2, 0.25) is 0 Å². The zero-order valence-electron chi connectivity index (χ0n) is 19.3. The highest BCUT2D eigenvalue weighted by Crippen LogP contribution is 2.34. The number of morpholine rings is 1. The Balaban J connectivity index is 1.45. The van der Waals surface area contributed by atoms with Crippen LogP contribution in [-0.2, 0) is 24.2 Å². The smallest absolute Gasteiger partial charge is 0.229 e. The van der Waals surface area contributed by atoms with Gasteiger partial charge in [0.15, 0.2) is 23.1 Å². The standard InChI is InChI=1S/C25H26F2N4O4/c1-33-23-12-16(2-4-21(23)32)14-30-7-6-20-18(15-30)24(35-22-5-3-17(26)13-19(22)27)29-25(28-20)31-8-10-34-11-9-31/h2-5,12-13,32H,6-11,14-15H2,1H3. The molecule has 1 N–H and O–H groups in total. The van der Waals surface area contributed by atoms with Gasteiger partial charge in [0.2, 0.25) is 11.8 Å². The molecule has 0 unspecified atom stereocenters. The number of anilines is 1. The van der Waals surface area contributed by atoms with E-state index in [1.54, 1.807) is 12.1 Å². The lowest BCUT2D eigenvalue weighted by atomic mass is 10.1. The van der Waals surface area contributed by atoms with Crippen molar-refractivity contribution in [2.75, 3.05) is 44.9 Å². The predicted molar refractivity (Wildman–Crippen MR) is 124 cm³/mol. The molecule has 2 aliphatic heterocycles. The van der Waals surface area contributed by atoms with Crippen LogP contribution in [0.4, 0.5) is 14.7 Å². The van der Waals surface area contributed by atoms with E-state index in [0.717, 1.165) is 35.5 Å². The number of methoxy groups -OCH3 is 1. The van der Waals surface area contributed by atoms with Gasteiger partial charge in [-0.1, -0.05) is 6.07 Å². The number of phenols is 1. The van der Waals surface area contributed by atoms with E-state index in [1.807, 2.05) is 11.0 Å². The van der Waals surface area contributed by atoms with E-state index >= 15 is 0 Å². The molecule has 2 aliphatic rings. The quantitative estimate of drug-likeness (QED) is 0.568. The maximum atomic E-state index is 14.4. The minimum atomic E-state index is -0.797. The molecule has 184 valence electrons. The van der Waals surface area contributed by atoms with Gasteiger partial charge in [0.25, 0.3) is 0 Å². The molecule has 0 spiro atoms. The summed E-state index contributed by atoms with van der Waals surface area (Å²) in [5.74, 6) is -0.300. The van der Waals surface area contributed by atoms with E-state index in [1.165, 1.54) is 13.2 Å². The summed E-state index contributed by atoms with van der Waals surface area (Å²) in [6.07, 6.45) is 0.659. The number of nitrogens with zero attached hydrogens (tertiary/aromatic N) is 4. The first-order valence-electron chi connectivity index (χ1n) is 11.4. The van der Waals surface area contributed by atoms with Gasteiger partial charge in [0, 0.05) is 45.2 Å². The Bertz CT molecular complexity index is 1220. The van der Waals surface area contributed by atoms with Crippen LogP contribution in [0.25, 0.3) is 0 Å². The highest BCUT2D eigenvalue weighted by molar-refractivity contribution is 5.45. The fraction of sp³-hybridized carbons (Fsp3) is 0.360. The van der Waals surface area contributed by atoms with E-state index in [9.17, 15) is 13.9 Å². The van der Waals surface area contributed by atoms with Crippen molar-refractivity contribution in [1.29, 1.82) is 0 Å². The van der Waals surface area contributed by atoms with Gasteiger partial charge in [-0.2, -0.15) is 4.98 Å². The van der Waals surface area contributed by atoms with Crippen LogP contribution in [0, 0.1) is 11.6 Å². The summed E-state index contributed by atoms with van der Waals surface area (Å²) < 4.78 is 44.4. The Labute approximate surface area is 201 Å². The maximum absolute atomic E-state index is 14.4. The Kier molecular flexibility index (Phi) is 6.65. The van der Waals surface area contributed by atoms with E-state index in [4.69, 9.17) is 19.2 Å². The van der Waals surface area contributed by atoms with Crippen molar-refractivity contribution in [2.45, 2.75) is 19.5 Å². The zero-order valence-corrected chi connectivity index (χ0v) is 19.3. The monoisotopic (exact) mass is 484 g/mol. The van der Waals surface area contributed by atoms with Gasteiger partial charge in [-0.05, 0) is 29.8 Å². The molecule has 2 aromatic carbocycles. The van der Waals surface area contributed by atoms with Crippen molar-refractivity contribution in [3.8, 4) is 23.1 Å². The molecule has 3 aromatic rings. The Morgan fingerprint density at radius 2 is 1.86 bits per heavy atom. The second-order valence-corrected chi connectivity index (χ2v) is 8.50. The Hall–Kier alpha value is -3.50. The van der Waals surface area contributed by atoms with E-state index < -0.39 is 11.6 Å². The number of hydrogen-bond acceptors (Lipinski definition) is 8. The van der Waals surface area contributed by atoms with Gasteiger partial charge in [-0.15, -0.1) is 0 Å². The molecule has 1 fully saturated rings. The summed E-state index contributed by atoms with van der Waals surface area (Å²) >= 11 is 0. The Morgan fingerprint density at radius 1 is 1.03 bits per heavy atom. The molecule has 1 aromatic heterocycles. The fourth-order valence-electron chi connectivity index (χ4n) is 4.29. The first-order valence-corrected chi connectivity index (χ1v) is 11.4. The van der Waals surface area contributed by atoms with Crippen molar-refractivity contribution in [3.05, 3.63) is 64.9 Å². The van der Waals surface area contributed by atoms with Crippen LogP contribution < -0.4 is 14.4 Å². The second kappa shape index (κ2) is 10.0. The highest BCUT2D eigenvalue weighted by Gasteiger charge is 2.27. The zero-order chi connectivity index (χ0) is 24.4. The van der Waals surface area contributed by atoms with Crippen molar-refractivity contribution in [3.63, 3.8) is 0 Å². The van der Waals surface area contributed by atoms with Crippen molar-refractivity contribution >= 4 is 5.95 Å². The lowest BCUT2D eigenvalue weighted by Gasteiger charge is -2.32. The number of phenolic OH excluding ortho intramolecular Hbond substituents is 1. The molecular weight excluding hydrogens is 458 g/mol. The Morgan fingerprint density at radius 3 is 2.63 bits per heavy atom. The predicted octanol–water partition coefficient (Wildman–Crippen LogP) is 3.66. The number of aromatic nitrogens is 2. The molecule has 3 heterocycles. The first kappa shape index (κ1) is 23.3. The lowest BCUT2D eigenvalue weighted by molar-refractivity contribution is 0.122. The number of ether oxygens (including phenoxy) is 3. The summed E-state index contributed by atoms with van der Waals surface area (Å²) in [6.45, 7) is 4.29. The number of rotatable bonds is 6. The third kappa shape index (κ3) is 5.13. The molecular formula is C25H26F2N4O4. The average molecular weight is 485 g/mol. The summed E-state index contributed by atoms with van der Waals surface area (Å²) in [7, 11) is 1.51. The van der Waals surface area contributed by atoms with E-state index in [-0.39, 0.29) is 17.4 Å².